The highest BCUT2D eigenvalue weighted by Gasteiger charge is 2.16. The third-order valence-electron chi connectivity index (χ3n) is 2.29. The fraction of sp³-hybridized carbons (Fsp3) is 0.400. The fourth-order valence-corrected chi connectivity index (χ4v) is 1.99. The Kier molecular flexibility index (Phi) is 2.20. The van der Waals surface area contributed by atoms with E-state index in [0.717, 1.165) is 17.5 Å². The van der Waals surface area contributed by atoms with E-state index in [-0.39, 0.29) is 6.10 Å². The van der Waals surface area contributed by atoms with E-state index in [0.29, 0.717) is 0 Å². The van der Waals surface area contributed by atoms with Crippen LogP contribution in [0.4, 0.5) is 0 Å². The van der Waals surface area contributed by atoms with E-state index in [1.807, 2.05) is 0 Å². The van der Waals surface area contributed by atoms with Crippen LogP contribution in [0.25, 0.3) is 0 Å². The van der Waals surface area contributed by atoms with Gasteiger partial charge in [-0.2, -0.15) is 0 Å². The first-order chi connectivity index (χ1) is 5.77. The van der Waals surface area contributed by atoms with Gasteiger partial charge >= 0.3 is 0 Å². The monoisotopic (exact) mass is 226 g/mol. The van der Waals surface area contributed by atoms with E-state index in [2.05, 4.69) is 41.1 Å². The minimum Gasteiger partial charge on any atom is -0.373 e. The van der Waals surface area contributed by atoms with Crippen LogP contribution in [0.15, 0.2) is 22.7 Å². The Bertz CT molecular complexity index is 296. The maximum atomic E-state index is 5.54. The van der Waals surface area contributed by atoms with Crippen molar-refractivity contribution in [3.05, 3.63) is 33.8 Å². The minimum atomic E-state index is 0.256. The van der Waals surface area contributed by atoms with Crippen molar-refractivity contribution in [3.63, 3.8) is 0 Å². The van der Waals surface area contributed by atoms with Crippen LogP contribution in [0.2, 0.25) is 0 Å². The van der Waals surface area contributed by atoms with Gasteiger partial charge in [-0.05, 0) is 36.6 Å². The van der Waals surface area contributed by atoms with E-state index in [1.54, 1.807) is 0 Å². The maximum absolute atomic E-state index is 5.54. The van der Waals surface area contributed by atoms with Gasteiger partial charge in [0.05, 0.1) is 12.7 Å². The Morgan fingerprint density at radius 2 is 2.33 bits per heavy atom. The molecule has 1 unspecified atom stereocenters. The third kappa shape index (κ3) is 1.41. The third-order valence-corrected chi connectivity index (χ3v) is 2.78. The zero-order valence-electron chi connectivity index (χ0n) is 7.01. The molecule has 0 N–H and O–H groups in total. The summed E-state index contributed by atoms with van der Waals surface area (Å²) in [6.45, 7) is 2.96. The molecule has 64 valence electrons. The Hall–Kier alpha value is -0.340. The number of fused-ring (bicyclic) bond motifs is 1. The molecule has 0 spiro atoms. The van der Waals surface area contributed by atoms with Gasteiger partial charge in [-0.3, -0.25) is 0 Å². The summed E-state index contributed by atoms with van der Waals surface area (Å²) in [5, 5.41) is 0. The van der Waals surface area contributed by atoms with Crippen molar-refractivity contribution in [2.45, 2.75) is 19.4 Å². The molecule has 2 rings (SSSR count). The van der Waals surface area contributed by atoms with Crippen molar-refractivity contribution in [2.24, 2.45) is 0 Å². The van der Waals surface area contributed by atoms with E-state index >= 15 is 0 Å². The zero-order valence-corrected chi connectivity index (χ0v) is 8.60. The number of benzene rings is 1. The maximum Gasteiger partial charge on any atom is 0.0800 e. The first-order valence-electron chi connectivity index (χ1n) is 4.17. The fourth-order valence-electron chi connectivity index (χ4n) is 1.61. The van der Waals surface area contributed by atoms with Gasteiger partial charge in [-0.15, -0.1) is 0 Å². The van der Waals surface area contributed by atoms with Gasteiger partial charge in [0, 0.05) is 4.47 Å². The molecule has 1 aromatic carbocycles. The molecule has 0 radical (unpaired) electrons. The zero-order chi connectivity index (χ0) is 8.55. The Morgan fingerprint density at radius 3 is 3.17 bits per heavy atom. The van der Waals surface area contributed by atoms with Crippen LogP contribution in [0.5, 0.6) is 0 Å². The van der Waals surface area contributed by atoms with E-state index in [1.165, 1.54) is 11.1 Å². The normalized spacial score (nSPS) is 22.0. The lowest BCUT2D eigenvalue weighted by atomic mass is 9.99. The van der Waals surface area contributed by atoms with E-state index in [4.69, 9.17) is 4.74 Å². The first-order valence-corrected chi connectivity index (χ1v) is 4.96. The molecule has 0 fully saturated rings. The number of halogens is 1. The largest absolute Gasteiger partial charge is 0.373 e. The Morgan fingerprint density at radius 1 is 1.50 bits per heavy atom. The minimum absolute atomic E-state index is 0.256. The molecule has 1 aromatic rings. The molecule has 1 nitrogen and oxygen atoms in total. The molecule has 2 heteroatoms. The summed E-state index contributed by atoms with van der Waals surface area (Å²) in [5.41, 5.74) is 2.76. The summed E-state index contributed by atoms with van der Waals surface area (Å²) in [7, 11) is 0. The molecule has 1 aliphatic heterocycles. The summed E-state index contributed by atoms with van der Waals surface area (Å²) < 4.78 is 6.68. The van der Waals surface area contributed by atoms with Gasteiger partial charge in [0.15, 0.2) is 0 Å². The van der Waals surface area contributed by atoms with Crippen molar-refractivity contribution in [2.75, 3.05) is 6.61 Å². The lowest BCUT2D eigenvalue weighted by Crippen LogP contribution is -2.13. The van der Waals surface area contributed by atoms with Gasteiger partial charge < -0.3 is 4.74 Å². The number of hydrogen-bond donors (Lipinski definition) is 0. The first kappa shape index (κ1) is 8.27. The molecule has 0 aromatic heterocycles. The van der Waals surface area contributed by atoms with Gasteiger partial charge in [0.2, 0.25) is 0 Å². The summed E-state index contributed by atoms with van der Waals surface area (Å²) in [4.78, 5) is 0. The highest BCUT2D eigenvalue weighted by Crippen LogP contribution is 2.28. The number of ether oxygens (including phenoxy) is 1. The lowest BCUT2D eigenvalue weighted by Gasteiger charge is -2.22. The second-order valence-electron chi connectivity index (χ2n) is 3.11. The van der Waals surface area contributed by atoms with Crippen LogP contribution < -0.4 is 0 Å². The van der Waals surface area contributed by atoms with Gasteiger partial charge in [-0.25, -0.2) is 0 Å². The van der Waals surface area contributed by atoms with Crippen molar-refractivity contribution < 1.29 is 4.74 Å². The summed E-state index contributed by atoms with van der Waals surface area (Å²) in [6, 6.07) is 6.43. The summed E-state index contributed by atoms with van der Waals surface area (Å²) in [6.07, 6.45) is 1.30. The molecular weight excluding hydrogens is 216 g/mol. The van der Waals surface area contributed by atoms with Gasteiger partial charge in [0.25, 0.3) is 0 Å². The standard InChI is InChI=1S/C10H11BrO/c1-7-10-6-9(11)3-2-8(10)4-5-12-7/h2-3,6-7H,4-5H2,1H3. The summed E-state index contributed by atoms with van der Waals surface area (Å²) >= 11 is 3.46. The van der Waals surface area contributed by atoms with Gasteiger partial charge in [0.1, 0.15) is 0 Å². The highest BCUT2D eigenvalue weighted by molar-refractivity contribution is 9.10. The predicted molar refractivity (Wildman–Crippen MR) is 52.2 cm³/mol. The molecule has 1 atom stereocenters. The average molecular weight is 227 g/mol. The second kappa shape index (κ2) is 3.19. The predicted octanol–water partition coefficient (Wildman–Crippen LogP) is 3.08. The van der Waals surface area contributed by atoms with Crippen LogP contribution in [0.1, 0.15) is 24.2 Å². The topological polar surface area (TPSA) is 9.23 Å². The molecular formula is C10H11BrO. The molecule has 0 bridgehead atoms. The molecule has 1 heterocycles. The SMILES string of the molecule is CC1OCCc2ccc(Br)cc21. The van der Waals surface area contributed by atoms with Crippen LogP contribution in [-0.2, 0) is 11.2 Å². The second-order valence-corrected chi connectivity index (χ2v) is 4.02. The van der Waals surface area contributed by atoms with Crippen LogP contribution >= 0.6 is 15.9 Å². The molecule has 0 saturated heterocycles. The molecule has 0 amide bonds. The quantitative estimate of drug-likeness (QED) is 0.661. The highest BCUT2D eigenvalue weighted by atomic mass is 79.9. The van der Waals surface area contributed by atoms with Crippen molar-refractivity contribution in [3.8, 4) is 0 Å². The smallest absolute Gasteiger partial charge is 0.0800 e. The molecule has 0 saturated carbocycles. The molecule has 12 heavy (non-hydrogen) atoms. The Balaban J connectivity index is 2.47. The van der Waals surface area contributed by atoms with Crippen LogP contribution in [-0.4, -0.2) is 6.61 Å². The van der Waals surface area contributed by atoms with Crippen molar-refractivity contribution in [1.29, 1.82) is 0 Å². The van der Waals surface area contributed by atoms with Crippen molar-refractivity contribution in [1.82, 2.24) is 0 Å². The lowest BCUT2D eigenvalue weighted by molar-refractivity contribution is 0.0555. The van der Waals surface area contributed by atoms with Crippen LogP contribution in [0, 0.1) is 0 Å². The number of rotatable bonds is 0. The van der Waals surface area contributed by atoms with E-state index < -0.39 is 0 Å². The van der Waals surface area contributed by atoms with E-state index in [9.17, 15) is 0 Å². The van der Waals surface area contributed by atoms with Gasteiger partial charge in [-0.1, -0.05) is 22.0 Å². The molecule has 0 aliphatic carbocycles. The van der Waals surface area contributed by atoms with Crippen molar-refractivity contribution >= 4 is 15.9 Å². The average Bonchev–Trinajstić information content (AvgIpc) is 2.07. The van der Waals surface area contributed by atoms with Crippen LogP contribution in [0.3, 0.4) is 0 Å². The molecule has 1 aliphatic rings. The number of hydrogen-bond acceptors (Lipinski definition) is 1. The Labute approximate surface area is 80.9 Å². The summed E-state index contributed by atoms with van der Waals surface area (Å²) in [5.74, 6) is 0.